The minimum absolute atomic E-state index is 0.00578. The molecule has 0 spiro atoms. The van der Waals surface area contributed by atoms with Crippen molar-refractivity contribution in [1.29, 1.82) is 0 Å². The Kier molecular flexibility index (Phi) is 26.3. The van der Waals surface area contributed by atoms with Gasteiger partial charge in [0.05, 0.1) is 36.5 Å². The van der Waals surface area contributed by atoms with Gasteiger partial charge in [0.15, 0.2) is 0 Å². The molecule has 0 aromatic heterocycles. The highest BCUT2D eigenvalue weighted by atomic mass is 35.5. The number of rotatable bonds is 31. The second-order valence-electron chi connectivity index (χ2n) is 22.7. The highest BCUT2D eigenvalue weighted by Crippen LogP contribution is 2.30. The third kappa shape index (κ3) is 20.9. The number of halogens is 2. The summed E-state index contributed by atoms with van der Waals surface area (Å²) in [5.41, 5.74) is 6.39. The normalized spacial score (nSPS) is 12.6. The van der Waals surface area contributed by atoms with E-state index in [2.05, 4.69) is 31.9 Å². The van der Waals surface area contributed by atoms with Crippen molar-refractivity contribution in [3.05, 3.63) is 210 Å². The Morgan fingerprint density at radius 2 is 0.734 bits per heavy atom. The molecule has 2 aliphatic rings. The molecule has 22 nitrogen and oxygen atoms in total. The van der Waals surface area contributed by atoms with Crippen LogP contribution in [0.15, 0.2) is 133 Å². The summed E-state index contributed by atoms with van der Waals surface area (Å²) in [5.74, 6) is -4.06. The van der Waals surface area contributed by atoms with E-state index in [1.165, 1.54) is 14.2 Å². The number of methoxy groups -OCH3 is 2. The zero-order valence-electron chi connectivity index (χ0n) is 52.4. The van der Waals surface area contributed by atoms with Crippen molar-refractivity contribution in [2.24, 2.45) is 0 Å². The van der Waals surface area contributed by atoms with E-state index in [4.69, 9.17) is 42.1 Å². The number of hydrogen-bond acceptors (Lipinski definition) is 14. The number of fused-ring (bicyclic) bond motifs is 2. The van der Waals surface area contributed by atoms with Crippen LogP contribution in [0.3, 0.4) is 0 Å². The molecule has 2 heterocycles. The van der Waals surface area contributed by atoms with Crippen molar-refractivity contribution in [3.63, 3.8) is 0 Å². The van der Waals surface area contributed by atoms with E-state index in [9.17, 15) is 47.9 Å². The van der Waals surface area contributed by atoms with Crippen LogP contribution in [-0.4, -0.2) is 122 Å². The first-order chi connectivity index (χ1) is 45.4. The van der Waals surface area contributed by atoms with Gasteiger partial charge in [-0.2, -0.15) is 0 Å². The molecule has 6 aromatic carbocycles. The predicted molar refractivity (Wildman–Crippen MR) is 349 cm³/mol. The molecule has 0 fully saturated rings. The fourth-order valence-corrected chi connectivity index (χ4v) is 11.1. The van der Waals surface area contributed by atoms with Crippen molar-refractivity contribution in [1.82, 2.24) is 41.7 Å². The minimum Gasteiger partial charge on any atom is -0.467 e. The molecule has 6 N–H and O–H groups in total. The number of nitrogens with zero attached hydrogens (tertiary/aromatic N) is 2. The molecule has 8 amide bonds. The Bertz CT molecular complexity index is 3430. The first-order valence-electron chi connectivity index (χ1n) is 31.0. The second-order valence-corrected chi connectivity index (χ2v) is 23.5. The Morgan fingerprint density at radius 1 is 0.415 bits per heavy atom. The summed E-state index contributed by atoms with van der Waals surface area (Å²) in [6.45, 7) is 1.26. The lowest BCUT2D eigenvalue weighted by Crippen LogP contribution is -2.41. The van der Waals surface area contributed by atoms with Gasteiger partial charge in [-0.25, -0.2) is 19.2 Å². The molecule has 94 heavy (non-hydrogen) atoms. The molecule has 2 aliphatic heterocycles. The molecule has 2 atom stereocenters. The number of unbranched alkanes of at least 4 members (excludes halogenated alkanes) is 2. The van der Waals surface area contributed by atoms with Gasteiger partial charge in [-0.1, -0.05) is 108 Å². The molecule has 8 rings (SSSR count). The van der Waals surface area contributed by atoms with Gasteiger partial charge in [0.1, 0.15) is 25.3 Å². The Labute approximate surface area is 555 Å². The highest BCUT2D eigenvalue weighted by molar-refractivity contribution is 6.30. The van der Waals surface area contributed by atoms with Crippen LogP contribution in [0.5, 0.6) is 0 Å². The van der Waals surface area contributed by atoms with Crippen LogP contribution in [0, 0.1) is 0 Å². The zero-order chi connectivity index (χ0) is 66.9. The van der Waals surface area contributed by atoms with Gasteiger partial charge in [-0.05, 0) is 144 Å². The molecule has 6 aromatic rings. The van der Waals surface area contributed by atoms with E-state index >= 15 is 0 Å². The molecular weight excluding hydrogens is 1250 g/mol. The maximum Gasteiger partial charge on any atom is 0.408 e. The molecule has 0 bridgehead atoms. The summed E-state index contributed by atoms with van der Waals surface area (Å²) < 4.78 is 20.4. The first-order valence-corrected chi connectivity index (χ1v) is 31.8. The molecule has 24 heteroatoms. The number of ether oxygens (including phenoxy) is 4. The van der Waals surface area contributed by atoms with E-state index in [0.717, 1.165) is 22.3 Å². The quantitative estimate of drug-likeness (QED) is 0.0135. The lowest BCUT2D eigenvalue weighted by molar-refractivity contribution is -0.144. The second kappa shape index (κ2) is 35.3. The Balaban J connectivity index is 0.867. The number of alkyl carbamates (subject to hydrolysis) is 2. The number of hydrogen-bond donors (Lipinski definition) is 6. The summed E-state index contributed by atoms with van der Waals surface area (Å²) >= 11 is 12.2. The summed E-state index contributed by atoms with van der Waals surface area (Å²) in [5, 5.41) is 17.9. The van der Waals surface area contributed by atoms with Crippen molar-refractivity contribution < 1.29 is 66.9 Å². The van der Waals surface area contributed by atoms with Crippen molar-refractivity contribution >= 4 is 82.8 Å². The van der Waals surface area contributed by atoms with Gasteiger partial charge in [-0.15, -0.1) is 0 Å². The Morgan fingerprint density at radius 3 is 1.05 bits per heavy atom. The van der Waals surface area contributed by atoms with Crippen LogP contribution in [-0.2, 0) is 90.4 Å². The fourth-order valence-electron chi connectivity index (χ4n) is 10.8. The summed E-state index contributed by atoms with van der Waals surface area (Å²) in [4.78, 5) is 137. The SMILES string of the molecule is COC(=O)[C@H](CCCCNC(=O)c1cc2c(cc1C(=O)NCCc1ccc(Cl)cc1)CN(C(=O)CCC(=O)N1Cc3cc(C(=O)NCCCC[C@H](NC(=O)OCc4ccccc4)C(=O)OC)c(C(=O)NCCc4ccc(Cl)cc4)cc3C1)C2)NC(=O)OCc1ccccc1. The van der Waals surface area contributed by atoms with Crippen LogP contribution in [0.1, 0.15) is 137 Å². The van der Waals surface area contributed by atoms with E-state index in [1.807, 2.05) is 60.7 Å². The van der Waals surface area contributed by atoms with Gasteiger partial charge in [-0.3, -0.25) is 28.8 Å². The lowest BCUT2D eigenvalue weighted by Gasteiger charge is -2.18. The van der Waals surface area contributed by atoms with E-state index in [1.54, 1.807) is 82.6 Å². The highest BCUT2D eigenvalue weighted by Gasteiger charge is 2.32. The Hall–Kier alpha value is -9.80. The van der Waals surface area contributed by atoms with Crippen LogP contribution >= 0.6 is 23.2 Å². The van der Waals surface area contributed by atoms with Crippen molar-refractivity contribution in [2.45, 2.75) is 116 Å². The molecular formula is C70H76Cl2N8O14. The summed E-state index contributed by atoms with van der Waals surface area (Å²) in [6.07, 6.45) is 1.01. The van der Waals surface area contributed by atoms with Crippen LogP contribution in [0.25, 0.3) is 0 Å². The largest absolute Gasteiger partial charge is 0.467 e. The predicted octanol–water partition coefficient (Wildman–Crippen LogP) is 8.84. The van der Waals surface area contributed by atoms with Gasteiger partial charge in [0, 0.05) is 75.2 Å². The number of nitrogens with one attached hydrogen (secondary N) is 6. The van der Waals surface area contributed by atoms with Gasteiger partial charge < -0.3 is 60.6 Å². The van der Waals surface area contributed by atoms with Crippen LogP contribution in [0.2, 0.25) is 10.0 Å². The molecule has 0 radical (unpaired) electrons. The monoisotopic (exact) mass is 1320 g/mol. The maximum absolute atomic E-state index is 14.0. The maximum atomic E-state index is 14.0. The van der Waals surface area contributed by atoms with Crippen molar-refractivity contribution in [2.75, 3.05) is 40.4 Å². The number of esters is 2. The molecule has 494 valence electrons. The number of benzene rings is 6. The smallest absolute Gasteiger partial charge is 0.408 e. The topological polar surface area (TPSA) is 286 Å². The number of carbonyl (C=O) groups is 10. The standard InChI is InChI=1S/C70H76Cl2N8O14/c1-91-67(87)59(77-69(89)93-43-47-13-5-3-6-14-47)17-9-11-31-73-63(83)55-35-49-39-79(41-51(49)37-57(55)65(85)75-33-29-45-19-23-53(71)24-20-45)61(81)27-28-62(82)80-40-50-36-56(58(38-52(50)42-80)66(86)76-34-30-46-21-25-54(72)26-22-46)64(84)74-32-12-10-18-60(68(88)92-2)78-70(90)94-44-48-15-7-4-8-16-48/h3-8,13-16,19-26,35-38,59-60H,9-12,17-18,27-34,39-44H2,1-2H3,(H,73,83)(H,74,84)(H,75,85)(H,76,86)(H,77,89)(H,78,90)/t59-,60-/m0/s1. The molecule has 0 saturated carbocycles. The van der Waals surface area contributed by atoms with Gasteiger partial charge in [0.2, 0.25) is 11.8 Å². The lowest BCUT2D eigenvalue weighted by atomic mass is 9.98. The third-order valence-corrected chi connectivity index (χ3v) is 16.5. The summed E-state index contributed by atoms with van der Waals surface area (Å²) in [6, 6.07) is 37.0. The van der Waals surface area contributed by atoms with Crippen LogP contribution in [0.4, 0.5) is 9.59 Å². The average molecular weight is 1320 g/mol. The molecule has 0 saturated heterocycles. The minimum atomic E-state index is -1.00. The van der Waals surface area contributed by atoms with Crippen LogP contribution < -0.4 is 31.9 Å². The van der Waals surface area contributed by atoms with Crippen molar-refractivity contribution in [3.8, 4) is 0 Å². The third-order valence-electron chi connectivity index (χ3n) is 16.0. The van der Waals surface area contributed by atoms with Gasteiger partial charge in [0.25, 0.3) is 23.6 Å². The van der Waals surface area contributed by atoms with E-state index < -0.39 is 59.8 Å². The van der Waals surface area contributed by atoms with E-state index in [0.29, 0.717) is 70.8 Å². The average Bonchev–Trinajstić information content (AvgIpc) is 1.61. The number of amides is 8. The molecule has 0 aliphatic carbocycles. The zero-order valence-corrected chi connectivity index (χ0v) is 53.9. The number of carbonyl (C=O) groups excluding carboxylic acids is 10. The summed E-state index contributed by atoms with van der Waals surface area (Å²) in [7, 11) is 2.43. The fraction of sp³-hybridized carbons (Fsp3) is 0.343. The first kappa shape index (κ1) is 70.1. The molecule has 0 unspecified atom stereocenters. The van der Waals surface area contributed by atoms with E-state index in [-0.39, 0.29) is 125 Å². The van der Waals surface area contributed by atoms with Gasteiger partial charge >= 0.3 is 24.1 Å².